The number of carbonyl (C=O) groups excluding carboxylic acids is 1. The number of non-ortho nitro benzene ring substituents is 1. The number of benzene rings is 2. The van der Waals surface area contributed by atoms with Crippen LogP contribution in [-0.4, -0.2) is 21.6 Å². The Hall–Kier alpha value is -2.45. The smallest absolute Gasteiger partial charge is 0.270 e. The van der Waals surface area contributed by atoms with Gasteiger partial charge in [-0.15, -0.1) is 11.3 Å². The standard InChI is InChI=1S/C19H19N3O3S2/c1-3-12(2)13-4-6-14(7-5-13)20-18(23)11-26-19-21-16-9-8-15(22(24)25)10-17(16)27-19/h4-10,12H,3,11H2,1-2H3,(H,20,23). The van der Waals surface area contributed by atoms with Gasteiger partial charge in [0.1, 0.15) is 0 Å². The summed E-state index contributed by atoms with van der Waals surface area (Å²) in [7, 11) is 0. The lowest BCUT2D eigenvalue weighted by atomic mass is 9.99. The van der Waals surface area contributed by atoms with E-state index >= 15 is 0 Å². The van der Waals surface area contributed by atoms with Crippen molar-refractivity contribution in [3.63, 3.8) is 0 Å². The topological polar surface area (TPSA) is 85.1 Å². The fourth-order valence-electron chi connectivity index (χ4n) is 2.52. The molecule has 3 rings (SSSR count). The fourth-order valence-corrected chi connectivity index (χ4v) is 4.42. The maximum atomic E-state index is 12.2. The highest BCUT2D eigenvalue weighted by Crippen LogP contribution is 2.31. The van der Waals surface area contributed by atoms with Crippen LogP contribution in [-0.2, 0) is 4.79 Å². The Labute approximate surface area is 165 Å². The molecule has 6 nitrogen and oxygen atoms in total. The van der Waals surface area contributed by atoms with Crippen LogP contribution < -0.4 is 5.32 Å². The van der Waals surface area contributed by atoms with Crippen molar-refractivity contribution in [1.29, 1.82) is 0 Å². The molecule has 1 unspecified atom stereocenters. The Morgan fingerprint density at radius 1 is 1.30 bits per heavy atom. The molecule has 3 aromatic rings. The number of thiazole rings is 1. The Balaban J connectivity index is 1.58. The number of aromatic nitrogens is 1. The molecule has 0 bridgehead atoms. The van der Waals surface area contributed by atoms with Crippen LogP contribution in [0.1, 0.15) is 31.7 Å². The van der Waals surface area contributed by atoms with Gasteiger partial charge in [-0.3, -0.25) is 14.9 Å². The van der Waals surface area contributed by atoms with E-state index in [9.17, 15) is 14.9 Å². The molecular weight excluding hydrogens is 382 g/mol. The van der Waals surface area contributed by atoms with Crippen molar-refractivity contribution in [3.05, 3.63) is 58.1 Å². The third-order valence-corrected chi connectivity index (χ3v) is 6.43. The summed E-state index contributed by atoms with van der Waals surface area (Å²) < 4.78 is 1.46. The van der Waals surface area contributed by atoms with Crippen LogP contribution in [0.3, 0.4) is 0 Å². The molecule has 0 spiro atoms. The van der Waals surface area contributed by atoms with Crippen molar-refractivity contribution in [2.75, 3.05) is 11.1 Å². The van der Waals surface area contributed by atoms with Crippen LogP contribution in [0.15, 0.2) is 46.8 Å². The van der Waals surface area contributed by atoms with Crippen molar-refractivity contribution in [3.8, 4) is 0 Å². The van der Waals surface area contributed by atoms with Crippen LogP contribution in [0.2, 0.25) is 0 Å². The summed E-state index contributed by atoms with van der Waals surface area (Å²) in [5.41, 5.74) is 2.77. The van der Waals surface area contributed by atoms with Gasteiger partial charge in [0.25, 0.3) is 5.69 Å². The monoisotopic (exact) mass is 401 g/mol. The van der Waals surface area contributed by atoms with Gasteiger partial charge in [0.2, 0.25) is 5.91 Å². The lowest BCUT2D eigenvalue weighted by Crippen LogP contribution is -2.13. The number of nitro benzene ring substituents is 1. The molecule has 0 saturated carbocycles. The summed E-state index contributed by atoms with van der Waals surface area (Å²) in [6.45, 7) is 4.33. The average molecular weight is 402 g/mol. The molecular formula is C19H19N3O3S2. The lowest BCUT2D eigenvalue weighted by molar-refractivity contribution is -0.384. The minimum atomic E-state index is -0.425. The summed E-state index contributed by atoms with van der Waals surface area (Å²) in [5.74, 6) is 0.622. The van der Waals surface area contributed by atoms with Crippen LogP contribution in [0.4, 0.5) is 11.4 Å². The normalized spacial score (nSPS) is 12.1. The third-order valence-electron chi connectivity index (χ3n) is 4.27. The number of nitrogens with zero attached hydrogens (tertiary/aromatic N) is 2. The maximum absolute atomic E-state index is 12.2. The second kappa shape index (κ2) is 8.49. The number of carbonyl (C=O) groups is 1. The molecule has 2 aromatic carbocycles. The molecule has 1 amide bonds. The number of nitro groups is 1. The second-order valence-electron chi connectivity index (χ2n) is 6.16. The molecule has 0 aliphatic heterocycles. The minimum absolute atomic E-state index is 0.0429. The van der Waals surface area contributed by atoms with Crippen LogP contribution in [0.25, 0.3) is 10.2 Å². The fraction of sp³-hybridized carbons (Fsp3) is 0.263. The molecule has 27 heavy (non-hydrogen) atoms. The zero-order valence-corrected chi connectivity index (χ0v) is 16.6. The van der Waals surface area contributed by atoms with E-state index in [-0.39, 0.29) is 17.3 Å². The van der Waals surface area contributed by atoms with Crippen molar-refractivity contribution in [2.24, 2.45) is 0 Å². The number of amides is 1. The Morgan fingerprint density at radius 2 is 2.04 bits per heavy atom. The predicted molar refractivity (Wildman–Crippen MR) is 111 cm³/mol. The maximum Gasteiger partial charge on any atom is 0.270 e. The summed E-state index contributed by atoms with van der Waals surface area (Å²) in [6, 6.07) is 12.5. The number of rotatable bonds is 7. The molecule has 0 aliphatic carbocycles. The first-order chi connectivity index (χ1) is 13.0. The lowest BCUT2D eigenvalue weighted by Gasteiger charge is -2.10. The third kappa shape index (κ3) is 4.84. The van der Waals surface area contributed by atoms with E-state index < -0.39 is 4.92 Å². The van der Waals surface area contributed by atoms with E-state index in [0.717, 1.165) is 16.8 Å². The highest BCUT2D eigenvalue weighted by atomic mass is 32.2. The van der Waals surface area contributed by atoms with Gasteiger partial charge in [0.15, 0.2) is 4.34 Å². The van der Waals surface area contributed by atoms with Crippen molar-refractivity contribution >= 4 is 50.6 Å². The quantitative estimate of drug-likeness (QED) is 0.323. The summed E-state index contributed by atoms with van der Waals surface area (Å²) >= 11 is 2.68. The summed E-state index contributed by atoms with van der Waals surface area (Å²) in [4.78, 5) is 27.0. The SMILES string of the molecule is CCC(C)c1ccc(NC(=O)CSc2nc3ccc([N+](=O)[O-])cc3s2)cc1. The number of anilines is 1. The molecule has 1 heterocycles. The van der Waals surface area contributed by atoms with Crippen LogP contribution >= 0.6 is 23.1 Å². The van der Waals surface area contributed by atoms with Gasteiger partial charge in [-0.2, -0.15) is 0 Å². The zero-order valence-electron chi connectivity index (χ0n) is 15.0. The highest BCUT2D eigenvalue weighted by molar-refractivity contribution is 8.01. The molecule has 8 heteroatoms. The minimum Gasteiger partial charge on any atom is -0.325 e. The van der Waals surface area contributed by atoms with Crippen molar-refractivity contribution < 1.29 is 9.72 Å². The molecule has 140 valence electrons. The van der Waals surface area contributed by atoms with Crippen LogP contribution in [0, 0.1) is 10.1 Å². The van der Waals surface area contributed by atoms with Gasteiger partial charge in [0, 0.05) is 17.8 Å². The summed E-state index contributed by atoms with van der Waals surface area (Å²) in [6.07, 6.45) is 1.08. The van der Waals surface area contributed by atoms with Gasteiger partial charge < -0.3 is 5.32 Å². The van der Waals surface area contributed by atoms with E-state index in [1.165, 1.54) is 40.8 Å². The Morgan fingerprint density at radius 3 is 2.70 bits per heavy atom. The number of fused-ring (bicyclic) bond motifs is 1. The average Bonchev–Trinajstić information content (AvgIpc) is 3.08. The largest absolute Gasteiger partial charge is 0.325 e. The molecule has 0 saturated heterocycles. The number of thioether (sulfide) groups is 1. The van der Waals surface area contributed by atoms with Gasteiger partial charge in [-0.1, -0.05) is 37.7 Å². The molecule has 0 fully saturated rings. The first-order valence-corrected chi connectivity index (χ1v) is 10.3. The molecule has 0 aliphatic rings. The molecule has 1 N–H and O–H groups in total. The highest BCUT2D eigenvalue weighted by Gasteiger charge is 2.12. The Kier molecular flexibility index (Phi) is 6.08. The van der Waals surface area contributed by atoms with Crippen molar-refractivity contribution in [1.82, 2.24) is 4.98 Å². The van der Waals surface area contributed by atoms with E-state index in [4.69, 9.17) is 0 Å². The van der Waals surface area contributed by atoms with Gasteiger partial charge in [-0.05, 0) is 36.1 Å². The van der Waals surface area contributed by atoms with Crippen LogP contribution in [0.5, 0.6) is 0 Å². The van der Waals surface area contributed by atoms with E-state index in [0.29, 0.717) is 15.8 Å². The molecule has 1 aromatic heterocycles. The summed E-state index contributed by atoms with van der Waals surface area (Å²) in [5, 5.41) is 13.7. The zero-order chi connectivity index (χ0) is 19.4. The van der Waals surface area contributed by atoms with E-state index in [2.05, 4.69) is 24.1 Å². The first kappa shape index (κ1) is 19.3. The van der Waals surface area contributed by atoms with E-state index in [1.54, 1.807) is 6.07 Å². The second-order valence-corrected chi connectivity index (χ2v) is 8.41. The first-order valence-electron chi connectivity index (χ1n) is 8.54. The molecule has 0 radical (unpaired) electrons. The Bertz CT molecular complexity index is 970. The van der Waals surface area contributed by atoms with Gasteiger partial charge in [0.05, 0.1) is 20.9 Å². The van der Waals surface area contributed by atoms with Gasteiger partial charge in [-0.25, -0.2) is 4.98 Å². The predicted octanol–water partition coefficient (Wildman–Crippen LogP) is 5.45. The number of hydrogen-bond acceptors (Lipinski definition) is 6. The molecule has 1 atom stereocenters. The number of hydrogen-bond donors (Lipinski definition) is 1. The number of nitrogens with one attached hydrogen (secondary N) is 1. The van der Waals surface area contributed by atoms with Gasteiger partial charge >= 0.3 is 0 Å². The van der Waals surface area contributed by atoms with Crippen molar-refractivity contribution in [2.45, 2.75) is 30.5 Å². The van der Waals surface area contributed by atoms with E-state index in [1.807, 2.05) is 24.3 Å².